The normalized spacial score (nSPS) is 52.8. The number of ether oxygens (including phenoxy) is 1. The number of nitrogens with one attached hydrogen (secondary N) is 2. The molecule has 24 heavy (non-hydrogen) atoms. The van der Waals surface area contributed by atoms with E-state index in [0.29, 0.717) is 41.9 Å². The van der Waals surface area contributed by atoms with Crippen LogP contribution in [0.15, 0.2) is 0 Å². The average molecular weight is 332 g/mol. The van der Waals surface area contributed by atoms with Gasteiger partial charge in [-0.25, -0.2) is 0 Å². The second-order valence-electron chi connectivity index (χ2n) is 9.10. The lowest BCUT2D eigenvalue weighted by molar-refractivity contribution is -0.152. The van der Waals surface area contributed by atoms with Crippen molar-refractivity contribution < 1.29 is 9.53 Å². The molecule has 5 aliphatic rings. The van der Waals surface area contributed by atoms with Gasteiger partial charge in [-0.15, -0.1) is 0 Å². The number of hydrogen-bond donors (Lipinski definition) is 2. The Balaban J connectivity index is 1.48. The van der Waals surface area contributed by atoms with Gasteiger partial charge in [0.05, 0.1) is 13.0 Å². The largest absolute Gasteiger partial charge is 0.469 e. The van der Waals surface area contributed by atoms with Crippen molar-refractivity contribution >= 4 is 5.97 Å². The summed E-state index contributed by atoms with van der Waals surface area (Å²) < 4.78 is 5.33. The molecule has 0 aromatic heterocycles. The standard InChI is InChI=1S/C20H32N2O2/c1-24-20(23)18-17-12-7-3-5-9-15(12)21-16(17)10-13-11-6-2-4-8-14(11)22-19(13)18/h11-19,21-22H,2-10H2,1H3. The van der Waals surface area contributed by atoms with Crippen LogP contribution in [0.4, 0.5) is 0 Å². The van der Waals surface area contributed by atoms with Crippen LogP contribution in [-0.4, -0.2) is 37.2 Å². The van der Waals surface area contributed by atoms with Crippen LogP contribution in [0, 0.1) is 29.6 Å². The van der Waals surface area contributed by atoms with Crippen molar-refractivity contribution in [3.63, 3.8) is 0 Å². The predicted molar refractivity (Wildman–Crippen MR) is 92.4 cm³/mol. The van der Waals surface area contributed by atoms with Crippen LogP contribution in [0.1, 0.15) is 57.8 Å². The van der Waals surface area contributed by atoms with Crippen molar-refractivity contribution in [2.45, 2.75) is 82.0 Å². The Morgan fingerprint density at radius 3 is 2.25 bits per heavy atom. The minimum absolute atomic E-state index is 0.0545. The summed E-state index contributed by atoms with van der Waals surface area (Å²) in [7, 11) is 1.59. The van der Waals surface area contributed by atoms with E-state index in [1.165, 1.54) is 57.8 Å². The van der Waals surface area contributed by atoms with E-state index in [-0.39, 0.29) is 11.9 Å². The molecule has 9 atom stereocenters. The maximum atomic E-state index is 12.8. The van der Waals surface area contributed by atoms with Crippen molar-refractivity contribution in [3.05, 3.63) is 0 Å². The van der Waals surface area contributed by atoms with E-state index in [2.05, 4.69) is 10.6 Å². The maximum Gasteiger partial charge on any atom is 0.310 e. The Morgan fingerprint density at radius 1 is 0.833 bits per heavy atom. The molecule has 2 N–H and O–H groups in total. The SMILES string of the molecule is COC(=O)C1C2NC3CCCCC3C2CC2NC3CCCCC3C21. The number of carbonyl (C=O) groups excluding carboxylic acids is 1. The molecule has 3 saturated carbocycles. The predicted octanol–water partition coefficient (Wildman–Crippen LogP) is 2.47. The van der Waals surface area contributed by atoms with Gasteiger partial charge in [0.15, 0.2) is 0 Å². The second kappa shape index (κ2) is 5.98. The topological polar surface area (TPSA) is 50.4 Å². The molecule has 0 aromatic rings. The lowest BCUT2D eigenvalue weighted by Gasteiger charge is -2.43. The van der Waals surface area contributed by atoms with E-state index in [1.807, 2.05) is 0 Å². The zero-order valence-electron chi connectivity index (χ0n) is 14.9. The third-order valence-electron chi connectivity index (χ3n) is 8.24. The summed E-state index contributed by atoms with van der Waals surface area (Å²) in [6.07, 6.45) is 12.0. The van der Waals surface area contributed by atoms with Gasteiger partial charge in [-0.3, -0.25) is 4.79 Å². The fourth-order valence-corrected chi connectivity index (χ4v) is 7.43. The number of carbonyl (C=O) groups is 1. The van der Waals surface area contributed by atoms with E-state index in [4.69, 9.17) is 4.74 Å². The molecule has 0 aromatic carbocycles. The highest BCUT2D eigenvalue weighted by atomic mass is 16.5. The molecule has 2 heterocycles. The Hall–Kier alpha value is -0.610. The number of hydrogen-bond acceptors (Lipinski definition) is 4. The van der Waals surface area contributed by atoms with Crippen molar-refractivity contribution in [3.8, 4) is 0 Å². The first kappa shape index (κ1) is 15.6. The summed E-state index contributed by atoms with van der Waals surface area (Å²) >= 11 is 0. The quantitative estimate of drug-likeness (QED) is 0.724. The van der Waals surface area contributed by atoms with Gasteiger partial charge in [0.1, 0.15) is 0 Å². The highest BCUT2D eigenvalue weighted by Crippen LogP contribution is 2.53. The minimum atomic E-state index is 0.0545. The third-order valence-corrected chi connectivity index (χ3v) is 8.24. The molecule has 9 unspecified atom stereocenters. The molecule has 0 radical (unpaired) electrons. The van der Waals surface area contributed by atoms with E-state index in [1.54, 1.807) is 7.11 Å². The Bertz CT molecular complexity index is 508. The molecule has 2 saturated heterocycles. The fourth-order valence-electron chi connectivity index (χ4n) is 7.43. The fraction of sp³-hybridized carbons (Fsp3) is 0.950. The molecule has 4 nitrogen and oxygen atoms in total. The molecule has 2 aliphatic heterocycles. The Labute approximate surface area is 145 Å². The highest BCUT2D eigenvalue weighted by Gasteiger charge is 2.60. The molecular weight excluding hydrogens is 300 g/mol. The molecule has 134 valence electrons. The molecule has 0 spiro atoms. The van der Waals surface area contributed by atoms with Gasteiger partial charge in [0.2, 0.25) is 0 Å². The summed E-state index contributed by atoms with van der Waals surface area (Å²) in [5.41, 5.74) is 0. The van der Waals surface area contributed by atoms with Gasteiger partial charge < -0.3 is 15.4 Å². The first-order valence-electron chi connectivity index (χ1n) is 10.4. The Kier molecular flexibility index (Phi) is 3.89. The van der Waals surface area contributed by atoms with Gasteiger partial charge >= 0.3 is 5.97 Å². The summed E-state index contributed by atoms with van der Waals surface area (Å²) in [6.45, 7) is 0. The lowest BCUT2D eigenvalue weighted by Crippen LogP contribution is -2.54. The van der Waals surface area contributed by atoms with Crippen LogP contribution in [0.25, 0.3) is 0 Å². The lowest BCUT2D eigenvalue weighted by atomic mass is 9.61. The molecule has 0 amide bonds. The van der Waals surface area contributed by atoms with E-state index >= 15 is 0 Å². The van der Waals surface area contributed by atoms with Crippen LogP contribution in [0.3, 0.4) is 0 Å². The zero-order chi connectivity index (χ0) is 16.3. The maximum absolute atomic E-state index is 12.8. The molecule has 3 aliphatic carbocycles. The van der Waals surface area contributed by atoms with Gasteiger partial charge in [-0.1, -0.05) is 25.7 Å². The number of fused-ring (bicyclic) bond motifs is 6. The van der Waals surface area contributed by atoms with Crippen LogP contribution in [0.5, 0.6) is 0 Å². The summed E-state index contributed by atoms with van der Waals surface area (Å²) in [6, 6.07) is 2.23. The first-order valence-corrected chi connectivity index (χ1v) is 10.4. The first-order chi connectivity index (χ1) is 11.8. The monoisotopic (exact) mass is 332 g/mol. The van der Waals surface area contributed by atoms with Gasteiger partial charge in [0.25, 0.3) is 0 Å². The highest BCUT2D eigenvalue weighted by molar-refractivity contribution is 5.74. The smallest absolute Gasteiger partial charge is 0.310 e. The molecule has 5 rings (SSSR count). The van der Waals surface area contributed by atoms with Crippen LogP contribution >= 0.6 is 0 Å². The van der Waals surface area contributed by atoms with E-state index in [0.717, 1.165) is 5.92 Å². The molecule has 0 bridgehead atoms. The Morgan fingerprint density at radius 2 is 1.50 bits per heavy atom. The van der Waals surface area contributed by atoms with E-state index < -0.39 is 0 Å². The molecular formula is C20H32N2O2. The van der Waals surface area contributed by atoms with Crippen LogP contribution in [0.2, 0.25) is 0 Å². The van der Waals surface area contributed by atoms with Crippen molar-refractivity contribution in [2.75, 3.05) is 7.11 Å². The summed E-state index contributed by atoms with van der Waals surface area (Å²) in [5.74, 6) is 2.79. The second-order valence-corrected chi connectivity index (χ2v) is 9.10. The average Bonchev–Trinajstić information content (AvgIpc) is 3.17. The van der Waals surface area contributed by atoms with Gasteiger partial charge in [0, 0.05) is 24.2 Å². The molecule has 4 heteroatoms. The van der Waals surface area contributed by atoms with Gasteiger partial charge in [-0.2, -0.15) is 0 Å². The van der Waals surface area contributed by atoms with Crippen molar-refractivity contribution in [2.24, 2.45) is 29.6 Å². The number of rotatable bonds is 1. The number of esters is 1. The van der Waals surface area contributed by atoms with Crippen LogP contribution in [-0.2, 0) is 9.53 Å². The van der Waals surface area contributed by atoms with Crippen LogP contribution < -0.4 is 10.6 Å². The van der Waals surface area contributed by atoms with Crippen molar-refractivity contribution in [1.82, 2.24) is 10.6 Å². The number of methoxy groups -OCH3 is 1. The molecule has 5 fully saturated rings. The van der Waals surface area contributed by atoms with E-state index in [9.17, 15) is 4.79 Å². The summed E-state index contributed by atoms with van der Waals surface area (Å²) in [5, 5.41) is 7.92. The zero-order valence-corrected chi connectivity index (χ0v) is 14.9. The minimum Gasteiger partial charge on any atom is -0.469 e. The van der Waals surface area contributed by atoms with Gasteiger partial charge in [-0.05, 0) is 55.8 Å². The summed E-state index contributed by atoms with van der Waals surface area (Å²) in [4.78, 5) is 12.8. The third kappa shape index (κ3) is 2.21. The van der Waals surface area contributed by atoms with Crippen molar-refractivity contribution in [1.29, 1.82) is 0 Å².